The van der Waals surface area contributed by atoms with Crippen molar-refractivity contribution in [2.24, 2.45) is 0 Å². The predicted molar refractivity (Wildman–Crippen MR) is 132 cm³/mol. The lowest BCUT2D eigenvalue weighted by molar-refractivity contribution is -0.116. The van der Waals surface area contributed by atoms with E-state index < -0.39 is 10.8 Å². The van der Waals surface area contributed by atoms with E-state index in [-0.39, 0.29) is 22.7 Å². The molecule has 1 aromatic heterocycles. The fourth-order valence-corrected chi connectivity index (χ4v) is 4.10. The highest BCUT2D eigenvalue weighted by atomic mass is 32.2. The number of nitrogens with zero attached hydrogens (tertiary/aromatic N) is 2. The lowest BCUT2D eigenvalue weighted by atomic mass is 10.1. The summed E-state index contributed by atoms with van der Waals surface area (Å²) in [4.78, 5) is 39.9. The first-order chi connectivity index (χ1) is 15.7. The second kappa shape index (κ2) is 10.4. The Kier molecular flexibility index (Phi) is 7.65. The van der Waals surface area contributed by atoms with Gasteiger partial charge in [-0.05, 0) is 56.5 Å². The highest BCUT2D eigenvalue weighted by molar-refractivity contribution is 8.00. The summed E-state index contributed by atoms with van der Waals surface area (Å²) < 4.78 is 0. The summed E-state index contributed by atoms with van der Waals surface area (Å²) in [5, 5.41) is 13.7. The quantitative estimate of drug-likeness (QED) is 0.450. The van der Waals surface area contributed by atoms with E-state index in [1.807, 2.05) is 52.0 Å². The van der Waals surface area contributed by atoms with Crippen molar-refractivity contribution in [2.75, 3.05) is 10.6 Å². The minimum atomic E-state index is -0.463. The molecule has 1 unspecified atom stereocenters. The average molecular weight is 466 g/mol. The number of rotatable bonds is 7. The largest absolute Gasteiger partial charge is 0.326 e. The molecule has 0 spiro atoms. The minimum Gasteiger partial charge on any atom is -0.326 e. The van der Waals surface area contributed by atoms with E-state index in [4.69, 9.17) is 0 Å². The van der Waals surface area contributed by atoms with Crippen LogP contribution >= 0.6 is 11.8 Å². The second-order valence-corrected chi connectivity index (χ2v) is 8.98. The number of carbonyl (C=O) groups is 2. The van der Waals surface area contributed by atoms with Gasteiger partial charge in [-0.2, -0.15) is 0 Å². The lowest BCUT2D eigenvalue weighted by Crippen LogP contribution is -2.26. The van der Waals surface area contributed by atoms with Crippen LogP contribution in [-0.4, -0.2) is 32.2 Å². The van der Waals surface area contributed by atoms with Crippen LogP contribution in [0.2, 0.25) is 0 Å². The zero-order chi connectivity index (χ0) is 24.1. The van der Waals surface area contributed by atoms with Crippen LogP contribution in [0.5, 0.6) is 0 Å². The van der Waals surface area contributed by atoms with Gasteiger partial charge in [0.2, 0.25) is 11.8 Å². The monoisotopic (exact) mass is 465 g/mol. The van der Waals surface area contributed by atoms with Gasteiger partial charge in [0.05, 0.1) is 10.9 Å². The molecule has 1 heterocycles. The van der Waals surface area contributed by atoms with Crippen molar-refractivity contribution in [3.8, 4) is 11.3 Å². The van der Waals surface area contributed by atoms with Gasteiger partial charge in [0.25, 0.3) is 5.56 Å². The summed E-state index contributed by atoms with van der Waals surface area (Å²) in [6.07, 6.45) is 0.539. The van der Waals surface area contributed by atoms with E-state index in [1.165, 1.54) is 6.92 Å². The van der Waals surface area contributed by atoms with E-state index in [0.717, 1.165) is 34.1 Å². The van der Waals surface area contributed by atoms with Crippen LogP contribution in [0, 0.1) is 20.8 Å². The molecule has 0 aliphatic heterocycles. The van der Waals surface area contributed by atoms with E-state index in [0.29, 0.717) is 17.7 Å². The maximum absolute atomic E-state index is 12.9. The maximum Gasteiger partial charge on any atom is 0.278 e. The molecule has 3 N–H and O–H groups in total. The normalized spacial score (nSPS) is 11.7. The van der Waals surface area contributed by atoms with Gasteiger partial charge in [-0.15, -0.1) is 10.2 Å². The highest BCUT2D eigenvalue weighted by Gasteiger charge is 2.21. The molecule has 3 rings (SSSR count). The number of amides is 2. The van der Waals surface area contributed by atoms with E-state index in [9.17, 15) is 14.4 Å². The molecule has 2 aromatic carbocycles. The Morgan fingerprint density at radius 3 is 2.48 bits per heavy atom. The predicted octanol–water partition coefficient (Wildman–Crippen LogP) is 4.22. The number of H-pyrrole nitrogens is 1. The molecule has 0 aliphatic rings. The third kappa shape index (κ3) is 5.87. The molecule has 9 heteroatoms. The van der Waals surface area contributed by atoms with Crippen molar-refractivity contribution in [3.63, 3.8) is 0 Å². The molecule has 1 atom stereocenters. The van der Waals surface area contributed by atoms with Crippen molar-refractivity contribution in [1.29, 1.82) is 0 Å². The molecule has 33 heavy (non-hydrogen) atoms. The molecule has 0 saturated carbocycles. The number of hydrogen-bond donors (Lipinski definition) is 3. The Morgan fingerprint density at radius 1 is 1.06 bits per heavy atom. The molecule has 8 nitrogen and oxygen atoms in total. The fourth-order valence-electron chi connectivity index (χ4n) is 3.26. The van der Waals surface area contributed by atoms with Crippen molar-refractivity contribution in [3.05, 3.63) is 63.4 Å². The lowest BCUT2D eigenvalue weighted by Gasteiger charge is -2.16. The Hall–Kier alpha value is -3.46. The van der Waals surface area contributed by atoms with Crippen LogP contribution < -0.4 is 16.2 Å². The molecule has 0 bridgehead atoms. The van der Waals surface area contributed by atoms with Crippen molar-refractivity contribution in [2.45, 2.75) is 51.4 Å². The standard InChI is InChI=1S/C24H27N5O3S/c1-6-20(22(31)26-18-9-7-8-14(3)15(18)4)33-24-27-23(32)21(28-29-24)17-12-13(2)10-11-19(17)25-16(5)30/h7-12,20H,6H2,1-5H3,(H,25,30)(H,26,31)(H,27,29,32). The number of nitrogens with one attached hydrogen (secondary N) is 3. The first-order valence-corrected chi connectivity index (χ1v) is 11.5. The molecule has 0 aliphatic carbocycles. The molecular weight excluding hydrogens is 438 g/mol. The molecule has 2 amide bonds. The van der Waals surface area contributed by atoms with Crippen molar-refractivity contribution in [1.82, 2.24) is 15.2 Å². The number of hydrogen-bond acceptors (Lipinski definition) is 6. The third-order valence-corrected chi connectivity index (χ3v) is 6.44. The van der Waals surface area contributed by atoms with Crippen molar-refractivity contribution < 1.29 is 9.59 Å². The van der Waals surface area contributed by atoms with Gasteiger partial charge in [0.1, 0.15) is 0 Å². The van der Waals surface area contributed by atoms with Crippen LogP contribution in [0.4, 0.5) is 11.4 Å². The van der Waals surface area contributed by atoms with Crippen LogP contribution in [0.25, 0.3) is 11.3 Å². The summed E-state index contributed by atoms with van der Waals surface area (Å²) >= 11 is 1.15. The summed E-state index contributed by atoms with van der Waals surface area (Å²) in [6, 6.07) is 11.1. The molecule has 0 saturated heterocycles. The number of aromatic nitrogens is 3. The average Bonchev–Trinajstić information content (AvgIpc) is 2.76. The Morgan fingerprint density at radius 2 is 1.82 bits per heavy atom. The van der Waals surface area contributed by atoms with Crippen LogP contribution in [-0.2, 0) is 9.59 Å². The molecular formula is C24H27N5O3S. The van der Waals surface area contributed by atoms with E-state index in [2.05, 4.69) is 25.8 Å². The van der Waals surface area contributed by atoms with Crippen LogP contribution in [0.3, 0.4) is 0 Å². The summed E-state index contributed by atoms with van der Waals surface area (Å²) in [5.41, 5.74) is 4.38. The van der Waals surface area contributed by atoms with Gasteiger partial charge in [0.15, 0.2) is 10.9 Å². The molecule has 0 radical (unpaired) electrons. The van der Waals surface area contributed by atoms with Gasteiger partial charge >= 0.3 is 0 Å². The first-order valence-electron chi connectivity index (χ1n) is 10.6. The summed E-state index contributed by atoms with van der Waals surface area (Å²) in [5.74, 6) is -0.424. The number of aromatic amines is 1. The Balaban J connectivity index is 1.83. The van der Waals surface area contributed by atoms with Gasteiger partial charge in [-0.3, -0.25) is 19.4 Å². The Labute approximate surface area is 196 Å². The van der Waals surface area contributed by atoms with Crippen molar-refractivity contribution >= 4 is 35.0 Å². The number of anilines is 2. The van der Waals surface area contributed by atoms with Gasteiger partial charge in [0, 0.05) is 18.2 Å². The maximum atomic E-state index is 12.9. The van der Waals surface area contributed by atoms with E-state index in [1.54, 1.807) is 12.1 Å². The fraction of sp³-hybridized carbons (Fsp3) is 0.292. The molecule has 172 valence electrons. The summed E-state index contributed by atoms with van der Waals surface area (Å²) in [7, 11) is 0. The number of aryl methyl sites for hydroxylation is 2. The highest BCUT2D eigenvalue weighted by Crippen LogP contribution is 2.27. The smallest absolute Gasteiger partial charge is 0.278 e. The molecule has 3 aromatic rings. The number of carbonyl (C=O) groups excluding carboxylic acids is 2. The van der Waals surface area contributed by atoms with E-state index >= 15 is 0 Å². The van der Waals surface area contributed by atoms with Gasteiger partial charge in [-0.1, -0.05) is 42.4 Å². The number of thioether (sulfide) groups is 1. The van der Waals surface area contributed by atoms with Gasteiger partial charge in [-0.25, -0.2) is 0 Å². The SMILES string of the molecule is CCC(Sc1nnc(-c2cc(C)ccc2NC(C)=O)c(=O)[nH]1)C(=O)Nc1cccc(C)c1C. The number of benzene rings is 2. The minimum absolute atomic E-state index is 0.0969. The van der Waals surface area contributed by atoms with Gasteiger partial charge < -0.3 is 10.6 Å². The Bertz CT molecular complexity index is 1260. The van der Waals surface area contributed by atoms with Crippen LogP contribution in [0.1, 0.15) is 37.0 Å². The van der Waals surface area contributed by atoms with Crippen LogP contribution in [0.15, 0.2) is 46.3 Å². The second-order valence-electron chi connectivity index (χ2n) is 7.79. The first kappa shape index (κ1) is 24.2. The topological polar surface area (TPSA) is 117 Å². The third-order valence-electron chi connectivity index (χ3n) is 5.20. The zero-order valence-corrected chi connectivity index (χ0v) is 20.1. The summed E-state index contributed by atoms with van der Waals surface area (Å²) in [6.45, 7) is 9.12. The zero-order valence-electron chi connectivity index (χ0n) is 19.3. The molecule has 0 fully saturated rings.